The van der Waals surface area contributed by atoms with Crippen molar-refractivity contribution in [2.45, 2.75) is 44.4 Å². The fourth-order valence-electron chi connectivity index (χ4n) is 3.66. The van der Waals surface area contributed by atoms with Gasteiger partial charge in [0.2, 0.25) is 0 Å². The van der Waals surface area contributed by atoms with Gasteiger partial charge in [0.05, 0.1) is 0 Å². The summed E-state index contributed by atoms with van der Waals surface area (Å²) in [6, 6.07) is 2.33. The van der Waals surface area contributed by atoms with E-state index in [-0.39, 0.29) is 0 Å². The summed E-state index contributed by atoms with van der Waals surface area (Å²) in [6.45, 7) is 3.96. The summed E-state index contributed by atoms with van der Waals surface area (Å²) in [5.41, 5.74) is 3.24. The zero-order chi connectivity index (χ0) is 11.7. The predicted molar refractivity (Wildman–Crippen MR) is 71.4 cm³/mol. The van der Waals surface area contributed by atoms with Crippen LogP contribution in [0.1, 0.15) is 49.3 Å². The van der Waals surface area contributed by atoms with Crippen molar-refractivity contribution in [3.63, 3.8) is 0 Å². The van der Waals surface area contributed by atoms with Crippen LogP contribution >= 0.6 is 0 Å². The summed E-state index contributed by atoms with van der Waals surface area (Å²) in [4.78, 5) is 2.69. The average Bonchev–Trinajstić information content (AvgIpc) is 2.74. The Morgan fingerprint density at radius 1 is 1.18 bits per heavy atom. The van der Waals surface area contributed by atoms with E-state index in [9.17, 15) is 0 Å². The third kappa shape index (κ3) is 2.28. The lowest BCUT2D eigenvalue weighted by molar-refractivity contribution is 0.207. The van der Waals surface area contributed by atoms with E-state index in [4.69, 9.17) is 0 Å². The quantitative estimate of drug-likeness (QED) is 0.761. The number of piperidine rings is 1. The summed E-state index contributed by atoms with van der Waals surface area (Å²) in [7, 11) is 2.22. The maximum atomic E-state index is 2.69. The molecule has 0 N–H and O–H groups in total. The van der Waals surface area contributed by atoms with Gasteiger partial charge in [0.15, 0.2) is 0 Å². The maximum Gasteiger partial charge on any atom is 0.0247 e. The molecule has 2 nitrogen and oxygen atoms in total. The third-order valence-corrected chi connectivity index (χ3v) is 4.52. The minimum atomic E-state index is 0.789. The van der Waals surface area contributed by atoms with Crippen LogP contribution in [0.15, 0.2) is 12.3 Å². The van der Waals surface area contributed by atoms with E-state index < -0.39 is 0 Å². The van der Waals surface area contributed by atoms with E-state index in [1.54, 1.807) is 11.3 Å². The molecule has 17 heavy (non-hydrogen) atoms. The van der Waals surface area contributed by atoms with E-state index in [0.717, 1.165) is 5.92 Å². The van der Waals surface area contributed by atoms with E-state index in [0.29, 0.717) is 0 Å². The standard InChI is InChI=1S/C15H24N2/c1-16-11-8-13-6-5-7-14(15(13)16)12-17-9-3-2-4-10-17/h8,11,14H,2-7,9-10,12H2,1H3. The molecule has 1 aliphatic heterocycles. The topological polar surface area (TPSA) is 8.17 Å². The molecule has 1 saturated heterocycles. The monoisotopic (exact) mass is 232 g/mol. The molecule has 0 aromatic carbocycles. The van der Waals surface area contributed by atoms with Gasteiger partial charge in [0, 0.05) is 31.4 Å². The molecular formula is C15H24N2. The van der Waals surface area contributed by atoms with Crippen molar-refractivity contribution in [3.05, 3.63) is 23.5 Å². The van der Waals surface area contributed by atoms with E-state index in [2.05, 4.69) is 28.8 Å². The van der Waals surface area contributed by atoms with Gasteiger partial charge in [-0.05, 0) is 56.8 Å². The number of hydrogen-bond acceptors (Lipinski definition) is 1. The first kappa shape index (κ1) is 11.3. The molecule has 1 atom stereocenters. The highest BCUT2D eigenvalue weighted by Gasteiger charge is 2.25. The Balaban J connectivity index is 1.73. The molecule has 0 amide bonds. The summed E-state index contributed by atoms with van der Waals surface area (Å²) < 4.78 is 2.36. The molecule has 94 valence electrons. The van der Waals surface area contributed by atoms with Crippen molar-refractivity contribution >= 4 is 0 Å². The summed E-state index contributed by atoms with van der Waals surface area (Å²) >= 11 is 0. The zero-order valence-corrected chi connectivity index (χ0v) is 11.0. The first-order chi connectivity index (χ1) is 8.34. The average molecular weight is 232 g/mol. The molecule has 1 fully saturated rings. The van der Waals surface area contributed by atoms with Crippen LogP contribution in [0.4, 0.5) is 0 Å². The number of hydrogen-bond donors (Lipinski definition) is 0. The van der Waals surface area contributed by atoms with Gasteiger partial charge in [-0.1, -0.05) is 6.42 Å². The summed E-state index contributed by atoms with van der Waals surface area (Å²) in [6.07, 6.45) is 10.6. The molecule has 1 unspecified atom stereocenters. The molecule has 0 spiro atoms. The lowest BCUT2D eigenvalue weighted by atomic mass is 9.87. The maximum absolute atomic E-state index is 2.69. The molecule has 1 aromatic heterocycles. The van der Waals surface area contributed by atoms with Crippen molar-refractivity contribution < 1.29 is 0 Å². The Kier molecular flexibility index (Phi) is 3.24. The first-order valence-corrected chi connectivity index (χ1v) is 7.21. The van der Waals surface area contributed by atoms with Crippen LogP contribution in [0.25, 0.3) is 0 Å². The third-order valence-electron chi connectivity index (χ3n) is 4.52. The predicted octanol–water partition coefficient (Wildman–Crippen LogP) is 2.93. The molecule has 2 aliphatic rings. The highest BCUT2D eigenvalue weighted by atomic mass is 15.1. The van der Waals surface area contributed by atoms with Gasteiger partial charge in [-0.25, -0.2) is 0 Å². The number of likely N-dealkylation sites (tertiary alicyclic amines) is 1. The highest BCUT2D eigenvalue weighted by molar-refractivity contribution is 5.28. The molecule has 1 aromatic rings. The highest BCUT2D eigenvalue weighted by Crippen LogP contribution is 2.33. The first-order valence-electron chi connectivity index (χ1n) is 7.21. The molecule has 0 saturated carbocycles. The zero-order valence-electron chi connectivity index (χ0n) is 11.0. The van der Waals surface area contributed by atoms with Crippen molar-refractivity contribution in [2.24, 2.45) is 7.05 Å². The molecule has 2 heteroatoms. The van der Waals surface area contributed by atoms with Crippen molar-refractivity contribution in [3.8, 4) is 0 Å². The van der Waals surface area contributed by atoms with Gasteiger partial charge >= 0.3 is 0 Å². The fraction of sp³-hybridized carbons (Fsp3) is 0.733. The van der Waals surface area contributed by atoms with Gasteiger partial charge in [-0.3, -0.25) is 0 Å². The summed E-state index contributed by atoms with van der Waals surface area (Å²) in [5.74, 6) is 0.789. The van der Waals surface area contributed by atoms with Crippen LogP contribution in [0.5, 0.6) is 0 Å². The van der Waals surface area contributed by atoms with Crippen LogP contribution < -0.4 is 0 Å². The van der Waals surface area contributed by atoms with E-state index >= 15 is 0 Å². The second-order valence-electron chi connectivity index (χ2n) is 5.79. The second-order valence-corrected chi connectivity index (χ2v) is 5.79. The minimum Gasteiger partial charge on any atom is -0.354 e. The van der Waals surface area contributed by atoms with E-state index in [1.165, 1.54) is 58.2 Å². The Bertz CT molecular complexity index is 374. The molecule has 0 radical (unpaired) electrons. The Morgan fingerprint density at radius 2 is 2.00 bits per heavy atom. The summed E-state index contributed by atoms with van der Waals surface area (Å²) in [5, 5.41) is 0. The Labute approximate surface area is 105 Å². The smallest absolute Gasteiger partial charge is 0.0247 e. The SMILES string of the molecule is Cn1ccc2c1C(CN1CCCCC1)CCC2. The van der Waals surface area contributed by atoms with E-state index in [1.807, 2.05) is 0 Å². The number of rotatable bonds is 2. The number of fused-ring (bicyclic) bond motifs is 1. The van der Waals surface area contributed by atoms with Crippen molar-refractivity contribution in [1.29, 1.82) is 0 Å². The van der Waals surface area contributed by atoms with Crippen LogP contribution in [-0.2, 0) is 13.5 Å². The van der Waals surface area contributed by atoms with Gasteiger partial charge in [-0.15, -0.1) is 0 Å². The Hall–Kier alpha value is -0.760. The van der Waals surface area contributed by atoms with Gasteiger partial charge < -0.3 is 9.47 Å². The molecule has 3 rings (SSSR count). The van der Waals surface area contributed by atoms with Crippen molar-refractivity contribution in [2.75, 3.05) is 19.6 Å². The van der Waals surface area contributed by atoms with Crippen LogP contribution in [0.3, 0.4) is 0 Å². The molecule has 1 aliphatic carbocycles. The van der Waals surface area contributed by atoms with Crippen LogP contribution in [0, 0.1) is 0 Å². The number of nitrogens with zero attached hydrogens (tertiary/aromatic N) is 2. The Morgan fingerprint density at radius 3 is 2.82 bits per heavy atom. The molecule has 0 bridgehead atoms. The lowest BCUT2D eigenvalue weighted by Gasteiger charge is -2.33. The number of aryl methyl sites for hydroxylation is 2. The normalized spacial score (nSPS) is 25.8. The fourth-order valence-corrected chi connectivity index (χ4v) is 3.66. The lowest BCUT2D eigenvalue weighted by Crippen LogP contribution is -2.34. The van der Waals surface area contributed by atoms with Gasteiger partial charge in [0.1, 0.15) is 0 Å². The second kappa shape index (κ2) is 4.85. The molecule has 2 heterocycles. The largest absolute Gasteiger partial charge is 0.354 e. The van der Waals surface area contributed by atoms with Crippen molar-refractivity contribution in [1.82, 2.24) is 9.47 Å². The minimum absolute atomic E-state index is 0.789. The molecular weight excluding hydrogens is 208 g/mol. The van der Waals surface area contributed by atoms with Gasteiger partial charge in [0.25, 0.3) is 0 Å². The van der Waals surface area contributed by atoms with Gasteiger partial charge in [-0.2, -0.15) is 0 Å². The number of aromatic nitrogens is 1. The van der Waals surface area contributed by atoms with Crippen LogP contribution in [0.2, 0.25) is 0 Å². The van der Waals surface area contributed by atoms with Crippen LogP contribution in [-0.4, -0.2) is 29.1 Å².